The fraction of sp³-hybridized carbons (Fsp3) is 0.647. The number of hydrogen-bond acceptors (Lipinski definition) is 5. The second-order valence-corrected chi connectivity index (χ2v) is 10.1. The van der Waals surface area contributed by atoms with Gasteiger partial charge >= 0.3 is 0 Å². The maximum absolute atomic E-state index is 12.9. The van der Waals surface area contributed by atoms with Crippen LogP contribution in [-0.4, -0.2) is 41.0 Å². The lowest BCUT2D eigenvalue weighted by Crippen LogP contribution is -2.38. The van der Waals surface area contributed by atoms with Crippen LogP contribution in [0.2, 0.25) is 0 Å². The van der Waals surface area contributed by atoms with Crippen molar-refractivity contribution in [3.05, 3.63) is 27.0 Å². The molecule has 1 fully saturated rings. The van der Waals surface area contributed by atoms with Gasteiger partial charge in [-0.1, -0.05) is 0 Å². The monoisotopic (exact) mass is 380 g/mol. The van der Waals surface area contributed by atoms with Gasteiger partial charge in [-0.15, -0.1) is 11.3 Å². The van der Waals surface area contributed by atoms with Crippen molar-refractivity contribution in [3.63, 3.8) is 0 Å². The van der Waals surface area contributed by atoms with Crippen molar-refractivity contribution in [3.8, 4) is 0 Å². The van der Waals surface area contributed by atoms with Gasteiger partial charge in [0.15, 0.2) is 0 Å². The molecule has 6 nitrogen and oxygen atoms in total. The molecule has 0 radical (unpaired) electrons. The molecule has 136 valence electrons. The molecule has 3 heterocycles. The van der Waals surface area contributed by atoms with Crippen LogP contribution in [-0.2, 0) is 22.9 Å². The molecule has 0 saturated carbocycles. The van der Waals surface area contributed by atoms with Crippen molar-refractivity contribution in [2.45, 2.75) is 63.2 Å². The number of H-pyrrole nitrogens is 1. The first-order chi connectivity index (χ1) is 12.0. The third-order valence-corrected chi connectivity index (χ3v) is 8.81. The van der Waals surface area contributed by atoms with Gasteiger partial charge < -0.3 is 0 Å². The van der Waals surface area contributed by atoms with Crippen molar-refractivity contribution in [1.29, 1.82) is 0 Å². The van der Waals surface area contributed by atoms with Crippen LogP contribution in [0.5, 0.6) is 0 Å². The van der Waals surface area contributed by atoms with Gasteiger partial charge in [0.25, 0.3) is 0 Å². The van der Waals surface area contributed by atoms with E-state index in [1.54, 1.807) is 18.2 Å². The molecule has 8 heteroatoms. The summed E-state index contributed by atoms with van der Waals surface area (Å²) in [5, 5.41) is 8.04. The number of nitrogens with zero attached hydrogens (tertiary/aromatic N) is 3. The predicted octanol–water partition coefficient (Wildman–Crippen LogP) is 2.93. The Labute approximate surface area is 152 Å². The first-order valence-electron chi connectivity index (χ1n) is 8.97. The van der Waals surface area contributed by atoms with Crippen LogP contribution < -0.4 is 0 Å². The lowest BCUT2D eigenvalue weighted by atomic mass is 9.99. The minimum absolute atomic E-state index is 0.343. The van der Waals surface area contributed by atoms with E-state index in [1.807, 2.05) is 11.3 Å². The first-order valence-corrected chi connectivity index (χ1v) is 11.2. The number of aromatic amines is 1. The van der Waals surface area contributed by atoms with Crippen LogP contribution in [0.1, 0.15) is 58.6 Å². The summed E-state index contributed by atoms with van der Waals surface area (Å²) in [6.45, 7) is 4.62. The maximum atomic E-state index is 12.9. The number of sulfonamides is 1. The summed E-state index contributed by atoms with van der Waals surface area (Å²) in [5.74, 6) is 0.397. The Hall–Kier alpha value is -1.25. The summed E-state index contributed by atoms with van der Waals surface area (Å²) >= 11 is 1.86. The van der Waals surface area contributed by atoms with Crippen molar-refractivity contribution >= 4 is 21.4 Å². The van der Waals surface area contributed by atoms with Gasteiger partial charge in [-0.05, 0) is 52.4 Å². The summed E-state index contributed by atoms with van der Waals surface area (Å²) < 4.78 is 27.5. The lowest BCUT2D eigenvalue weighted by molar-refractivity contribution is 0.318. The van der Waals surface area contributed by atoms with E-state index in [0.717, 1.165) is 19.3 Å². The summed E-state index contributed by atoms with van der Waals surface area (Å²) in [6.07, 6.45) is 6.49. The van der Waals surface area contributed by atoms with E-state index in [2.05, 4.69) is 10.2 Å². The van der Waals surface area contributed by atoms with Crippen LogP contribution >= 0.6 is 11.3 Å². The minimum atomic E-state index is -3.47. The fourth-order valence-electron chi connectivity index (χ4n) is 3.94. The third-order valence-electron chi connectivity index (χ3n) is 5.32. The maximum Gasteiger partial charge on any atom is 0.246 e. The number of aromatic nitrogens is 3. The Kier molecular flexibility index (Phi) is 4.45. The Morgan fingerprint density at radius 3 is 2.52 bits per heavy atom. The number of aryl methyl sites for hydroxylation is 4. The van der Waals surface area contributed by atoms with Crippen molar-refractivity contribution in [2.75, 3.05) is 13.1 Å². The quantitative estimate of drug-likeness (QED) is 0.888. The normalized spacial score (nSPS) is 19.9. The molecule has 0 bridgehead atoms. The van der Waals surface area contributed by atoms with Crippen LogP contribution in [0.25, 0.3) is 0 Å². The molecule has 25 heavy (non-hydrogen) atoms. The molecular weight excluding hydrogens is 356 g/mol. The molecular formula is C17H24N4O2S2. The third kappa shape index (κ3) is 3.04. The Morgan fingerprint density at radius 1 is 1.16 bits per heavy atom. The van der Waals surface area contributed by atoms with Gasteiger partial charge in [-0.25, -0.2) is 13.4 Å². The van der Waals surface area contributed by atoms with Gasteiger partial charge in [0.1, 0.15) is 4.90 Å². The van der Waals surface area contributed by atoms with Crippen molar-refractivity contribution in [1.82, 2.24) is 19.5 Å². The molecule has 1 aliphatic carbocycles. The summed E-state index contributed by atoms with van der Waals surface area (Å²) in [5.41, 5.74) is 2.46. The van der Waals surface area contributed by atoms with Crippen LogP contribution in [0.3, 0.4) is 0 Å². The Balaban J connectivity index is 1.49. The Morgan fingerprint density at radius 2 is 1.88 bits per heavy atom. The van der Waals surface area contributed by atoms with Gasteiger partial charge in [-0.3, -0.25) is 5.10 Å². The van der Waals surface area contributed by atoms with E-state index in [4.69, 9.17) is 4.98 Å². The van der Waals surface area contributed by atoms with E-state index in [9.17, 15) is 8.42 Å². The minimum Gasteiger partial charge on any atom is -0.281 e. The molecule has 0 spiro atoms. The Bertz CT molecular complexity index is 834. The van der Waals surface area contributed by atoms with Crippen LogP contribution in [0.15, 0.2) is 4.90 Å². The molecule has 0 aromatic carbocycles. The zero-order valence-corrected chi connectivity index (χ0v) is 16.3. The number of thiazole rings is 1. The molecule has 2 aromatic rings. The molecule has 2 aromatic heterocycles. The molecule has 0 unspecified atom stereocenters. The zero-order chi connectivity index (χ0) is 17.6. The fourth-order valence-corrected chi connectivity index (χ4v) is 7.06. The second kappa shape index (κ2) is 6.48. The highest BCUT2D eigenvalue weighted by molar-refractivity contribution is 7.89. The SMILES string of the molecule is Cc1n[nH]c(C)c1S(=O)(=O)N1CCC(c2nc3c(s2)CCCC3)CC1. The van der Waals surface area contributed by atoms with Gasteiger partial charge in [0, 0.05) is 23.9 Å². The highest BCUT2D eigenvalue weighted by Crippen LogP contribution is 2.36. The van der Waals surface area contributed by atoms with E-state index in [1.165, 1.54) is 34.8 Å². The van der Waals surface area contributed by atoms with Crippen LogP contribution in [0, 0.1) is 13.8 Å². The van der Waals surface area contributed by atoms with E-state index in [-0.39, 0.29) is 0 Å². The standard InChI is InChI=1S/C17H24N4O2S2/c1-11-16(12(2)20-19-11)25(22,23)21-9-7-13(8-10-21)17-18-14-5-3-4-6-15(14)24-17/h13H,3-10H2,1-2H3,(H,19,20). The lowest BCUT2D eigenvalue weighted by Gasteiger charge is -2.30. The number of fused-ring (bicyclic) bond motifs is 1. The average molecular weight is 381 g/mol. The van der Waals surface area contributed by atoms with Gasteiger partial charge in [0.2, 0.25) is 10.0 Å². The zero-order valence-electron chi connectivity index (χ0n) is 14.7. The van der Waals surface area contributed by atoms with E-state index >= 15 is 0 Å². The van der Waals surface area contributed by atoms with Crippen molar-refractivity contribution < 1.29 is 8.42 Å². The number of piperidine rings is 1. The van der Waals surface area contributed by atoms with Crippen LogP contribution in [0.4, 0.5) is 0 Å². The predicted molar refractivity (Wildman–Crippen MR) is 97.6 cm³/mol. The topological polar surface area (TPSA) is 79.0 Å². The average Bonchev–Trinajstić information content (AvgIpc) is 3.18. The number of nitrogens with one attached hydrogen (secondary N) is 1. The molecule has 0 atom stereocenters. The summed E-state index contributed by atoms with van der Waals surface area (Å²) in [6, 6.07) is 0. The number of hydrogen-bond donors (Lipinski definition) is 1. The van der Waals surface area contributed by atoms with E-state index in [0.29, 0.717) is 35.3 Å². The van der Waals surface area contributed by atoms with E-state index < -0.39 is 10.0 Å². The van der Waals surface area contributed by atoms with Gasteiger partial charge in [0.05, 0.1) is 22.1 Å². The summed E-state index contributed by atoms with van der Waals surface area (Å²) in [4.78, 5) is 6.68. The smallest absolute Gasteiger partial charge is 0.246 e. The highest BCUT2D eigenvalue weighted by atomic mass is 32.2. The highest BCUT2D eigenvalue weighted by Gasteiger charge is 2.34. The molecule has 1 aliphatic heterocycles. The molecule has 2 aliphatic rings. The first kappa shape index (κ1) is 17.2. The second-order valence-electron chi connectivity index (χ2n) is 7.07. The summed E-state index contributed by atoms with van der Waals surface area (Å²) in [7, 11) is -3.47. The number of rotatable bonds is 3. The molecule has 4 rings (SSSR count). The molecule has 1 saturated heterocycles. The molecule has 1 N–H and O–H groups in total. The van der Waals surface area contributed by atoms with Gasteiger partial charge in [-0.2, -0.15) is 9.40 Å². The van der Waals surface area contributed by atoms with Crippen molar-refractivity contribution in [2.24, 2.45) is 0 Å². The molecule has 0 amide bonds. The largest absolute Gasteiger partial charge is 0.281 e.